The number of carbonyl (C=O) groups excluding carboxylic acids is 2. The first kappa shape index (κ1) is 48.5. The lowest BCUT2D eigenvalue weighted by molar-refractivity contribution is -0.114. The van der Waals surface area contributed by atoms with E-state index in [0.29, 0.717) is 66.0 Å². The Morgan fingerprint density at radius 1 is 0.926 bits per heavy atom. The molecular formula is C55H65N3O8S2. The van der Waals surface area contributed by atoms with Gasteiger partial charge >= 0.3 is 0 Å². The van der Waals surface area contributed by atoms with Crippen molar-refractivity contribution < 1.29 is 39.9 Å². The van der Waals surface area contributed by atoms with Crippen LogP contribution in [0.1, 0.15) is 144 Å². The Balaban J connectivity index is 1.09. The number of aliphatic hydroxyl groups excluding tert-OH is 3. The number of H-pyrrole nitrogens is 1. The molecule has 3 fully saturated rings. The van der Waals surface area contributed by atoms with Crippen LogP contribution in [0.3, 0.4) is 0 Å². The van der Waals surface area contributed by atoms with Crippen molar-refractivity contribution in [3.63, 3.8) is 0 Å². The predicted molar refractivity (Wildman–Crippen MR) is 267 cm³/mol. The van der Waals surface area contributed by atoms with E-state index in [4.69, 9.17) is 16.2 Å². The number of rotatable bonds is 6. The number of aromatic hydroxyl groups is 2. The fourth-order valence-corrected chi connectivity index (χ4v) is 15.3. The zero-order valence-electron chi connectivity index (χ0n) is 38.7. The van der Waals surface area contributed by atoms with Gasteiger partial charge in [-0.25, -0.2) is 0 Å². The first-order valence-electron chi connectivity index (χ1n) is 24.3. The molecule has 8 bridgehead atoms. The van der Waals surface area contributed by atoms with E-state index in [0.717, 1.165) is 84.9 Å². The number of nitrogens with two attached hydrogens (primary N) is 2. The number of nitrogens with one attached hydrogen (secondary N) is 1. The molecule has 9 rings (SSSR count). The quantitative estimate of drug-likeness (QED) is 0.0520. The molecule has 6 unspecified atom stereocenters. The second-order valence-electron chi connectivity index (χ2n) is 20.5. The number of aryl methyl sites for hydroxylation is 1. The van der Waals surface area contributed by atoms with Gasteiger partial charge in [0.15, 0.2) is 23.1 Å². The Morgan fingerprint density at radius 2 is 1.72 bits per heavy atom. The van der Waals surface area contributed by atoms with Crippen molar-refractivity contribution in [3.8, 4) is 29.1 Å². The monoisotopic (exact) mass is 959 g/mol. The number of aromatic amines is 1. The van der Waals surface area contributed by atoms with Gasteiger partial charge in [-0.15, -0.1) is 0 Å². The van der Waals surface area contributed by atoms with E-state index in [2.05, 4.69) is 29.0 Å². The van der Waals surface area contributed by atoms with Crippen LogP contribution in [0.15, 0.2) is 72.9 Å². The minimum atomic E-state index is -0.802. The molecule has 6 atom stereocenters. The molecule has 1 aromatic heterocycles. The number of aromatic nitrogens is 1. The van der Waals surface area contributed by atoms with Gasteiger partial charge in [0.25, 0.3) is 0 Å². The Labute approximate surface area is 407 Å². The van der Waals surface area contributed by atoms with Crippen LogP contribution in [-0.4, -0.2) is 73.3 Å². The molecule has 3 saturated carbocycles. The summed E-state index contributed by atoms with van der Waals surface area (Å²) in [5.41, 5.74) is 18.9. The van der Waals surface area contributed by atoms with E-state index in [-0.39, 0.29) is 65.9 Å². The molecule has 4 aromatic rings. The van der Waals surface area contributed by atoms with Gasteiger partial charge in [0.1, 0.15) is 5.75 Å². The molecule has 360 valence electrons. The number of allylic oxidation sites excluding steroid dienone is 2. The lowest BCUT2D eigenvalue weighted by Crippen LogP contribution is -2.40. The van der Waals surface area contributed by atoms with Crippen molar-refractivity contribution in [2.75, 3.05) is 19.0 Å². The van der Waals surface area contributed by atoms with E-state index in [1.165, 1.54) is 0 Å². The summed E-state index contributed by atoms with van der Waals surface area (Å²) in [4.78, 5) is 31.2. The van der Waals surface area contributed by atoms with Crippen molar-refractivity contribution in [3.05, 3.63) is 123 Å². The Bertz CT molecular complexity index is 2610. The third kappa shape index (κ3) is 10.2. The average Bonchev–Trinajstić information content (AvgIpc) is 4.05. The zero-order valence-corrected chi connectivity index (χ0v) is 40.3. The number of carbonyl (C=O) groups is 2. The van der Waals surface area contributed by atoms with Gasteiger partial charge in [-0.2, -0.15) is 0 Å². The number of aliphatic hydroxyl groups is 3. The molecule has 0 amide bonds. The molecular weight excluding hydrogens is 895 g/mol. The SMILES string of the molecule is NC(N)c1cc2c3cc1CSSCC14CCC(CC5(CC(O)CO)CCCC5)C(C=CC(=O)CCc5ccc(O)c(c5)OCCc5ccc(O)c(c5)C3CC(=O)c3cc[nH]c3CC#C2)(CC1O)C4. The van der Waals surface area contributed by atoms with Crippen LogP contribution in [0.5, 0.6) is 17.2 Å². The maximum absolute atomic E-state index is 14.3. The third-order valence-corrected chi connectivity index (χ3v) is 18.6. The summed E-state index contributed by atoms with van der Waals surface area (Å²) in [5, 5.41) is 55.3. The van der Waals surface area contributed by atoms with E-state index >= 15 is 0 Å². The maximum Gasteiger partial charge on any atom is 0.165 e. The smallest absolute Gasteiger partial charge is 0.165 e. The Morgan fingerprint density at radius 3 is 2.51 bits per heavy atom. The lowest BCUT2D eigenvalue weighted by atomic mass is 9.58. The summed E-state index contributed by atoms with van der Waals surface area (Å²) < 4.78 is 6.17. The van der Waals surface area contributed by atoms with Gasteiger partial charge in [0.05, 0.1) is 38.0 Å². The summed E-state index contributed by atoms with van der Waals surface area (Å²) in [6, 6.07) is 16.4. The molecule has 11 nitrogen and oxygen atoms in total. The molecule has 2 heterocycles. The van der Waals surface area contributed by atoms with Crippen molar-refractivity contribution in [2.45, 2.75) is 126 Å². The van der Waals surface area contributed by atoms with Gasteiger partial charge in [-0.3, -0.25) is 9.59 Å². The number of benzene rings is 3. The fraction of sp³-hybridized carbons (Fsp3) is 0.491. The minimum Gasteiger partial charge on any atom is -0.508 e. The standard InChI is InChI=1S/C55H65N3O8S2/c56-52(57)43-24-36-4-3-5-46-41(14-20-58-46)49(64)26-44-42(36)25-37(43)31-67-68-33-55-18-12-38(27-53(16-1-2-17-53)28-40(61)30-59)54(32-55,29-51(55)65)19-13-39(60)9-6-34-8-11-48(63)50(23-34)66-21-15-35-7-10-47(62)45(44)22-35/h7-8,10-11,13-14,19-20,22-25,38,40,44,51-52,58-59,61-63,65H,1-2,5-6,9,12,15-18,21,26-33,56-57H2. The van der Waals surface area contributed by atoms with E-state index in [9.17, 15) is 35.1 Å². The topological polar surface area (TPSA) is 212 Å². The highest BCUT2D eigenvalue weighted by atomic mass is 33.1. The molecule has 10 N–H and O–H groups in total. The highest BCUT2D eigenvalue weighted by Crippen LogP contribution is 2.66. The molecule has 5 aliphatic rings. The zero-order chi connectivity index (χ0) is 47.6. The van der Waals surface area contributed by atoms with Crippen LogP contribution < -0.4 is 16.2 Å². The number of phenolic OH excluding ortho intramolecular Hbond substituents is 2. The van der Waals surface area contributed by atoms with Crippen LogP contribution in [0.4, 0.5) is 0 Å². The summed E-state index contributed by atoms with van der Waals surface area (Å²) in [5.74, 6) is 7.82. The molecule has 0 saturated heterocycles. The molecule has 4 aliphatic carbocycles. The summed E-state index contributed by atoms with van der Waals surface area (Å²) in [7, 11) is 3.41. The first-order valence-corrected chi connectivity index (χ1v) is 26.8. The van der Waals surface area contributed by atoms with E-state index < -0.39 is 29.7 Å². The molecule has 0 radical (unpaired) electrons. The summed E-state index contributed by atoms with van der Waals surface area (Å²) in [6.45, 7) is -0.0447. The number of Topliss-reactive ketones (excluding diaryl/α,β-unsaturated/α-hetero) is 1. The number of ether oxygens (including phenoxy) is 1. The fourth-order valence-electron chi connectivity index (χ4n) is 12.5. The van der Waals surface area contributed by atoms with Gasteiger partial charge in [0.2, 0.25) is 0 Å². The van der Waals surface area contributed by atoms with Crippen LogP contribution in [0, 0.1) is 34.0 Å². The number of ketones is 2. The van der Waals surface area contributed by atoms with E-state index in [1.54, 1.807) is 58.1 Å². The van der Waals surface area contributed by atoms with Crippen molar-refractivity contribution in [2.24, 2.45) is 33.6 Å². The van der Waals surface area contributed by atoms with Gasteiger partial charge in [-0.05, 0) is 139 Å². The van der Waals surface area contributed by atoms with Gasteiger partial charge < -0.3 is 46.7 Å². The van der Waals surface area contributed by atoms with Crippen molar-refractivity contribution >= 4 is 33.2 Å². The second kappa shape index (κ2) is 20.4. The summed E-state index contributed by atoms with van der Waals surface area (Å²) >= 11 is 0. The largest absolute Gasteiger partial charge is 0.508 e. The number of phenols is 2. The normalized spacial score (nSPS) is 26.7. The Kier molecular flexibility index (Phi) is 14.6. The van der Waals surface area contributed by atoms with Gasteiger partial charge in [0, 0.05) is 70.7 Å². The predicted octanol–water partition coefficient (Wildman–Crippen LogP) is 8.46. The van der Waals surface area contributed by atoms with Crippen LogP contribution in [-0.2, 0) is 29.8 Å². The third-order valence-electron chi connectivity index (χ3n) is 16.1. The van der Waals surface area contributed by atoms with E-state index in [1.807, 2.05) is 24.3 Å². The molecule has 1 aliphatic heterocycles. The molecule has 3 aromatic carbocycles. The molecule has 0 spiro atoms. The van der Waals surface area contributed by atoms with Crippen LogP contribution >= 0.6 is 21.6 Å². The van der Waals surface area contributed by atoms with Gasteiger partial charge in [-0.1, -0.05) is 76.6 Å². The number of hydrogen-bond acceptors (Lipinski definition) is 12. The summed E-state index contributed by atoms with van der Waals surface area (Å²) in [6.07, 6.45) is 13.7. The second-order valence-corrected chi connectivity index (χ2v) is 23.0. The first-order chi connectivity index (χ1) is 32.8. The Hall–Kier alpha value is -4.52. The number of hydrogen-bond donors (Lipinski definition) is 8. The van der Waals surface area contributed by atoms with Crippen molar-refractivity contribution in [1.82, 2.24) is 4.98 Å². The molecule has 13 heteroatoms. The van der Waals surface area contributed by atoms with Crippen LogP contribution in [0.2, 0.25) is 0 Å². The average molecular weight is 960 g/mol. The molecule has 68 heavy (non-hydrogen) atoms. The highest BCUT2D eigenvalue weighted by Gasteiger charge is 2.60. The lowest BCUT2D eigenvalue weighted by Gasteiger charge is -2.47. The van der Waals surface area contributed by atoms with Crippen molar-refractivity contribution in [1.29, 1.82) is 0 Å². The minimum absolute atomic E-state index is 0.00320. The maximum atomic E-state index is 14.3. The van der Waals surface area contributed by atoms with Crippen LogP contribution in [0.25, 0.3) is 0 Å². The highest BCUT2D eigenvalue weighted by molar-refractivity contribution is 8.76. The number of fused-ring (bicyclic) bond motifs is 7.